The zero-order valence-corrected chi connectivity index (χ0v) is 11.9. The van der Waals surface area contributed by atoms with Gasteiger partial charge in [0, 0.05) is 37.6 Å². The molecule has 2 aromatic heterocycles. The summed E-state index contributed by atoms with van der Waals surface area (Å²) in [5, 5.41) is 7.95. The highest BCUT2D eigenvalue weighted by atomic mass is 15.3. The molecule has 4 nitrogen and oxygen atoms in total. The van der Waals surface area contributed by atoms with Crippen LogP contribution >= 0.6 is 0 Å². The minimum absolute atomic E-state index is 0.420. The smallest absolute Gasteiger partial charge is 0.0596 e. The predicted octanol–water partition coefficient (Wildman–Crippen LogP) is 1.89. The van der Waals surface area contributed by atoms with Crippen LogP contribution in [0.5, 0.6) is 0 Å². The van der Waals surface area contributed by atoms with Crippen LogP contribution in [-0.4, -0.2) is 27.4 Å². The maximum Gasteiger partial charge on any atom is 0.0596 e. The van der Waals surface area contributed by atoms with Crippen LogP contribution in [-0.2, 0) is 19.9 Å². The van der Waals surface area contributed by atoms with Gasteiger partial charge >= 0.3 is 0 Å². The van der Waals surface area contributed by atoms with E-state index < -0.39 is 0 Å². The molecule has 2 rings (SSSR count). The first kappa shape index (κ1) is 13.7. The van der Waals surface area contributed by atoms with Gasteiger partial charge in [-0.25, -0.2) is 0 Å². The van der Waals surface area contributed by atoms with E-state index in [0.717, 1.165) is 25.1 Å². The monoisotopic (exact) mass is 258 g/mol. The molecule has 0 amide bonds. The first-order chi connectivity index (χ1) is 9.19. The summed E-state index contributed by atoms with van der Waals surface area (Å²) in [5.74, 6) is 0. The molecule has 0 saturated carbocycles. The average Bonchev–Trinajstić information content (AvgIpc) is 2.69. The van der Waals surface area contributed by atoms with Gasteiger partial charge in [0.25, 0.3) is 0 Å². The third-order valence-corrected chi connectivity index (χ3v) is 3.25. The first-order valence-electron chi connectivity index (χ1n) is 6.81. The molecular formula is C15H22N4. The summed E-state index contributed by atoms with van der Waals surface area (Å²) in [6.45, 7) is 5.15. The number of nitrogens with one attached hydrogen (secondary N) is 1. The van der Waals surface area contributed by atoms with Crippen molar-refractivity contribution in [3.8, 4) is 0 Å². The highest BCUT2D eigenvalue weighted by molar-refractivity contribution is 5.14. The van der Waals surface area contributed by atoms with E-state index in [0.29, 0.717) is 6.04 Å². The predicted molar refractivity (Wildman–Crippen MR) is 77.1 cm³/mol. The molecule has 2 heterocycles. The van der Waals surface area contributed by atoms with Crippen LogP contribution in [0.25, 0.3) is 0 Å². The van der Waals surface area contributed by atoms with Crippen molar-refractivity contribution in [2.75, 3.05) is 6.54 Å². The van der Waals surface area contributed by atoms with Crippen LogP contribution in [0.4, 0.5) is 0 Å². The second-order valence-electron chi connectivity index (χ2n) is 4.92. The van der Waals surface area contributed by atoms with Gasteiger partial charge in [-0.05, 0) is 37.6 Å². The number of hydrogen-bond donors (Lipinski definition) is 1. The quantitative estimate of drug-likeness (QED) is 0.860. The summed E-state index contributed by atoms with van der Waals surface area (Å²) >= 11 is 0. The van der Waals surface area contributed by atoms with Crippen molar-refractivity contribution in [3.05, 3.63) is 47.5 Å². The molecule has 1 atom stereocenters. The lowest BCUT2D eigenvalue weighted by Gasteiger charge is -2.17. The minimum Gasteiger partial charge on any atom is -0.314 e. The molecule has 1 unspecified atom stereocenters. The lowest BCUT2D eigenvalue weighted by molar-refractivity contribution is 0.504. The summed E-state index contributed by atoms with van der Waals surface area (Å²) in [6, 6.07) is 6.70. The number of hydrogen-bond acceptors (Lipinski definition) is 3. The van der Waals surface area contributed by atoms with Gasteiger partial charge in [0.15, 0.2) is 0 Å². The van der Waals surface area contributed by atoms with Gasteiger partial charge in [0.1, 0.15) is 0 Å². The molecule has 0 saturated heterocycles. The fourth-order valence-electron chi connectivity index (χ4n) is 2.42. The Morgan fingerprint density at radius 2 is 2.21 bits per heavy atom. The summed E-state index contributed by atoms with van der Waals surface area (Å²) in [4.78, 5) is 4.18. The number of likely N-dealkylation sites (N-methyl/N-ethyl adjacent to an activating group) is 1. The second kappa shape index (κ2) is 6.48. The fourth-order valence-corrected chi connectivity index (χ4v) is 2.42. The molecule has 0 bridgehead atoms. The molecule has 2 aromatic rings. The molecule has 0 aliphatic rings. The van der Waals surface area contributed by atoms with E-state index in [1.807, 2.05) is 37.1 Å². The lowest BCUT2D eigenvalue weighted by atomic mass is 10.0. The van der Waals surface area contributed by atoms with Crippen LogP contribution < -0.4 is 5.32 Å². The van der Waals surface area contributed by atoms with Crippen molar-refractivity contribution >= 4 is 0 Å². The summed E-state index contributed by atoms with van der Waals surface area (Å²) in [6.07, 6.45) is 5.74. The van der Waals surface area contributed by atoms with Gasteiger partial charge in [0.2, 0.25) is 0 Å². The maximum absolute atomic E-state index is 4.41. The van der Waals surface area contributed by atoms with E-state index in [-0.39, 0.29) is 0 Å². The normalized spacial score (nSPS) is 12.6. The van der Waals surface area contributed by atoms with Gasteiger partial charge in [-0.3, -0.25) is 9.67 Å². The van der Waals surface area contributed by atoms with E-state index in [2.05, 4.69) is 34.5 Å². The van der Waals surface area contributed by atoms with Gasteiger partial charge < -0.3 is 5.32 Å². The Kier molecular flexibility index (Phi) is 4.68. The van der Waals surface area contributed by atoms with E-state index in [1.54, 1.807) is 0 Å². The molecule has 0 fully saturated rings. The number of pyridine rings is 1. The standard InChI is InChI=1S/C15H22N4/c1-4-17-14(9-13-6-5-7-16-11-13)10-15-8-12(2)18-19(15)3/h5-8,11,14,17H,4,9-10H2,1-3H3. The third-order valence-electron chi connectivity index (χ3n) is 3.25. The van der Waals surface area contributed by atoms with Gasteiger partial charge in [-0.2, -0.15) is 5.10 Å². The average molecular weight is 258 g/mol. The molecule has 0 aliphatic carbocycles. The third kappa shape index (κ3) is 3.89. The number of nitrogens with zero attached hydrogens (tertiary/aromatic N) is 3. The lowest BCUT2D eigenvalue weighted by Crippen LogP contribution is -2.33. The van der Waals surface area contributed by atoms with Crippen molar-refractivity contribution in [1.29, 1.82) is 0 Å². The minimum atomic E-state index is 0.420. The van der Waals surface area contributed by atoms with Crippen molar-refractivity contribution in [2.45, 2.75) is 32.7 Å². The summed E-state index contributed by atoms with van der Waals surface area (Å²) in [5.41, 5.74) is 3.62. The van der Waals surface area contributed by atoms with Gasteiger partial charge in [-0.1, -0.05) is 13.0 Å². The molecular weight excluding hydrogens is 236 g/mol. The van der Waals surface area contributed by atoms with Crippen LogP contribution in [0.3, 0.4) is 0 Å². The molecule has 0 spiro atoms. The Balaban J connectivity index is 2.06. The largest absolute Gasteiger partial charge is 0.314 e. The fraction of sp³-hybridized carbons (Fsp3) is 0.467. The van der Waals surface area contributed by atoms with Crippen molar-refractivity contribution < 1.29 is 0 Å². The summed E-state index contributed by atoms with van der Waals surface area (Å²) in [7, 11) is 2.01. The zero-order valence-electron chi connectivity index (χ0n) is 11.9. The van der Waals surface area contributed by atoms with Gasteiger partial charge in [0.05, 0.1) is 5.69 Å². The molecule has 0 aromatic carbocycles. The van der Waals surface area contributed by atoms with Crippen molar-refractivity contribution in [3.63, 3.8) is 0 Å². The highest BCUT2D eigenvalue weighted by Crippen LogP contribution is 2.09. The van der Waals surface area contributed by atoms with Crippen LogP contribution in [0.2, 0.25) is 0 Å². The SMILES string of the molecule is CCNC(Cc1cccnc1)Cc1cc(C)nn1C. The topological polar surface area (TPSA) is 42.7 Å². The zero-order chi connectivity index (χ0) is 13.7. The maximum atomic E-state index is 4.41. The molecule has 102 valence electrons. The Bertz CT molecular complexity index is 504. The molecule has 19 heavy (non-hydrogen) atoms. The second-order valence-corrected chi connectivity index (χ2v) is 4.92. The highest BCUT2D eigenvalue weighted by Gasteiger charge is 2.12. The van der Waals surface area contributed by atoms with Crippen molar-refractivity contribution in [1.82, 2.24) is 20.1 Å². The number of rotatable bonds is 6. The van der Waals surface area contributed by atoms with E-state index >= 15 is 0 Å². The van der Waals surface area contributed by atoms with E-state index in [1.165, 1.54) is 11.3 Å². The number of aryl methyl sites for hydroxylation is 2. The molecule has 0 aliphatic heterocycles. The van der Waals surface area contributed by atoms with Gasteiger partial charge in [-0.15, -0.1) is 0 Å². The summed E-state index contributed by atoms with van der Waals surface area (Å²) < 4.78 is 1.98. The number of aromatic nitrogens is 3. The van der Waals surface area contributed by atoms with Crippen LogP contribution in [0.1, 0.15) is 23.9 Å². The van der Waals surface area contributed by atoms with Crippen LogP contribution in [0.15, 0.2) is 30.6 Å². The Morgan fingerprint density at radius 3 is 2.79 bits per heavy atom. The van der Waals surface area contributed by atoms with Crippen LogP contribution in [0, 0.1) is 6.92 Å². The van der Waals surface area contributed by atoms with Crippen molar-refractivity contribution in [2.24, 2.45) is 7.05 Å². The Labute approximate surface area is 114 Å². The molecule has 4 heteroatoms. The Morgan fingerprint density at radius 1 is 1.37 bits per heavy atom. The molecule has 0 radical (unpaired) electrons. The van der Waals surface area contributed by atoms with E-state index in [4.69, 9.17) is 0 Å². The first-order valence-corrected chi connectivity index (χ1v) is 6.81. The van der Waals surface area contributed by atoms with E-state index in [9.17, 15) is 0 Å². The Hall–Kier alpha value is -1.68. The molecule has 1 N–H and O–H groups in total.